The van der Waals surface area contributed by atoms with Crippen LogP contribution in [0.5, 0.6) is 5.75 Å². The van der Waals surface area contributed by atoms with E-state index in [1.54, 1.807) is 45.0 Å². The van der Waals surface area contributed by atoms with E-state index in [-0.39, 0.29) is 0 Å². The monoisotopic (exact) mass is 325 g/mol. The zero-order valence-corrected chi connectivity index (χ0v) is 14.0. The fourth-order valence-electron chi connectivity index (χ4n) is 1.92. The molecular formula is C16H23NO6. The van der Waals surface area contributed by atoms with Crippen LogP contribution in [0, 0.1) is 0 Å². The Bertz CT molecular complexity index is 552. The number of esters is 1. The smallest absolute Gasteiger partial charge is 0.408 e. The second-order valence-electron chi connectivity index (χ2n) is 5.83. The standard InChI is InChI=1S/C16H23NO6/c1-16(2,3)23-15(20)17-12(14(19)22-5)13(18)10-8-6-7-9-11(10)21-4/h6-9,12-13,18H,1-5H3,(H,17,20)/t12-,13+/m0/s1. The van der Waals surface area contributed by atoms with Gasteiger partial charge >= 0.3 is 12.1 Å². The minimum absolute atomic E-state index is 0.349. The van der Waals surface area contributed by atoms with Crippen LogP contribution in [-0.2, 0) is 14.3 Å². The van der Waals surface area contributed by atoms with Crippen molar-refractivity contribution in [2.75, 3.05) is 14.2 Å². The van der Waals surface area contributed by atoms with E-state index >= 15 is 0 Å². The molecule has 0 aromatic heterocycles. The van der Waals surface area contributed by atoms with Gasteiger partial charge in [-0.25, -0.2) is 9.59 Å². The Labute approximate surface area is 135 Å². The number of alkyl carbamates (subject to hydrolysis) is 1. The number of hydrogen-bond donors (Lipinski definition) is 2. The van der Waals surface area contributed by atoms with E-state index in [0.717, 1.165) is 0 Å². The Morgan fingerprint density at radius 2 is 1.78 bits per heavy atom. The molecule has 0 fully saturated rings. The molecule has 2 atom stereocenters. The number of aliphatic hydroxyl groups excluding tert-OH is 1. The molecule has 0 aliphatic heterocycles. The summed E-state index contributed by atoms with van der Waals surface area (Å²) in [4.78, 5) is 23.8. The van der Waals surface area contributed by atoms with Crippen molar-refractivity contribution in [1.29, 1.82) is 0 Å². The lowest BCUT2D eigenvalue weighted by Gasteiger charge is -2.26. The average Bonchev–Trinajstić information content (AvgIpc) is 2.49. The molecule has 1 aromatic carbocycles. The molecule has 7 nitrogen and oxygen atoms in total. The molecule has 128 valence electrons. The zero-order valence-electron chi connectivity index (χ0n) is 14.0. The minimum atomic E-state index is -1.36. The number of ether oxygens (including phenoxy) is 3. The average molecular weight is 325 g/mol. The Kier molecular flexibility index (Phi) is 6.38. The second kappa shape index (κ2) is 7.82. The van der Waals surface area contributed by atoms with Crippen LogP contribution in [0.25, 0.3) is 0 Å². The van der Waals surface area contributed by atoms with E-state index < -0.39 is 29.8 Å². The van der Waals surface area contributed by atoms with E-state index in [1.165, 1.54) is 14.2 Å². The zero-order chi connectivity index (χ0) is 17.6. The first-order valence-corrected chi connectivity index (χ1v) is 7.08. The third-order valence-corrected chi connectivity index (χ3v) is 2.90. The minimum Gasteiger partial charge on any atom is -0.496 e. The van der Waals surface area contributed by atoms with E-state index in [9.17, 15) is 14.7 Å². The van der Waals surface area contributed by atoms with Crippen LogP contribution >= 0.6 is 0 Å². The molecule has 0 spiro atoms. The quantitative estimate of drug-likeness (QED) is 0.802. The number of carbonyl (C=O) groups excluding carboxylic acids is 2. The first-order chi connectivity index (χ1) is 10.7. The van der Waals surface area contributed by atoms with E-state index in [0.29, 0.717) is 11.3 Å². The van der Waals surface area contributed by atoms with Crippen LogP contribution in [0.3, 0.4) is 0 Å². The van der Waals surface area contributed by atoms with Crippen molar-refractivity contribution in [3.63, 3.8) is 0 Å². The van der Waals surface area contributed by atoms with Crippen molar-refractivity contribution in [2.24, 2.45) is 0 Å². The predicted molar refractivity (Wildman–Crippen MR) is 83.1 cm³/mol. The van der Waals surface area contributed by atoms with E-state index in [2.05, 4.69) is 10.1 Å². The number of aliphatic hydroxyl groups is 1. The van der Waals surface area contributed by atoms with Crippen molar-refractivity contribution in [3.8, 4) is 5.75 Å². The molecule has 0 aliphatic rings. The highest BCUT2D eigenvalue weighted by Crippen LogP contribution is 2.27. The molecule has 0 saturated heterocycles. The SMILES string of the molecule is COC(=O)[C@@H](NC(=O)OC(C)(C)C)[C@H](O)c1ccccc1OC. The number of hydrogen-bond acceptors (Lipinski definition) is 6. The number of rotatable bonds is 5. The van der Waals surface area contributed by atoms with Gasteiger partial charge < -0.3 is 24.6 Å². The largest absolute Gasteiger partial charge is 0.496 e. The molecule has 0 saturated carbocycles. The Hall–Kier alpha value is -2.28. The number of carbonyl (C=O) groups is 2. The summed E-state index contributed by atoms with van der Waals surface area (Å²) in [5.41, 5.74) is -0.387. The lowest BCUT2D eigenvalue weighted by atomic mass is 10.0. The van der Waals surface area contributed by atoms with Gasteiger partial charge in [-0.2, -0.15) is 0 Å². The van der Waals surface area contributed by atoms with Gasteiger partial charge in [-0.15, -0.1) is 0 Å². The lowest BCUT2D eigenvalue weighted by molar-refractivity contribution is -0.146. The highest BCUT2D eigenvalue weighted by Gasteiger charge is 2.33. The summed E-state index contributed by atoms with van der Waals surface area (Å²) in [7, 11) is 2.61. The summed E-state index contributed by atoms with van der Waals surface area (Å²) in [6.07, 6.45) is -2.19. The molecule has 0 aliphatic carbocycles. The number of para-hydroxylation sites is 1. The van der Waals surface area contributed by atoms with Crippen LogP contribution in [-0.4, -0.2) is 43.0 Å². The van der Waals surface area contributed by atoms with Gasteiger partial charge in [0.25, 0.3) is 0 Å². The van der Waals surface area contributed by atoms with E-state index in [4.69, 9.17) is 9.47 Å². The van der Waals surface area contributed by atoms with Crippen molar-refractivity contribution in [2.45, 2.75) is 38.5 Å². The summed E-state index contributed by atoms with van der Waals surface area (Å²) in [6, 6.07) is 5.31. The third kappa shape index (κ3) is 5.45. The van der Waals surface area contributed by atoms with Gasteiger partial charge in [-0.1, -0.05) is 18.2 Å². The lowest BCUT2D eigenvalue weighted by Crippen LogP contribution is -2.47. The maximum absolute atomic E-state index is 11.9. The third-order valence-electron chi connectivity index (χ3n) is 2.90. The number of amides is 1. The summed E-state index contributed by atoms with van der Waals surface area (Å²) >= 11 is 0. The van der Waals surface area contributed by atoms with Crippen LogP contribution in [0.1, 0.15) is 32.4 Å². The number of nitrogens with one attached hydrogen (secondary N) is 1. The van der Waals surface area contributed by atoms with Crippen molar-refractivity contribution < 1.29 is 28.9 Å². The predicted octanol–water partition coefficient (Wildman–Crippen LogP) is 1.79. The van der Waals surface area contributed by atoms with Gasteiger partial charge in [-0.05, 0) is 26.8 Å². The summed E-state index contributed by atoms with van der Waals surface area (Å²) in [6.45, 7) is 5.07. The Balaban J connectivity index is 3.02. The van der Waals surface area contributed by atoms with Crippen molar-refractivity contribution >= 4 is 12.1 Å². The maximum atomic E-state index is 11.9. The summed E-state index contributed by atoms with van der Waals surface area (Å²) in [5, 5.41) is 12.8. The molecule has 2 N–H and O–H groups in total. The molecule has 1 amide bonds. The molecule has 1 aromatic rings. The second-order valence-corrected chi connectivity index (χ2v) is 5.83. The van der Waals surface area contributed by atoms with E-state index in [1.807, 2.05) is 0 Å². The molecule has 7 heteroatoms. The van der Waals surface area contributed by atoms with Crippen LogP contribution < -0.4 is 10.1 Å². The van der Waals surface area contributed by atoms with Crippen LogP contribution in [0.4, 0.5) is 4.79 Å². The molecular weight excluding hydrogens is 302 g/mol. The maximum Gasteiger partial charge on any atom is 0.408 e. The fraction of sp³-hybridized carbons (Fsp3) is 0.500. The van der Waals surface area contributed by atoms with Crippen LogP contribution in [0.2, 0.25) is 0 Å². The van der Waals surface area contributed by atoms with Gasteiger partial charge in [-0.3, -0.25) is 0 Å². The first-order valence-electron chi connectivity index (χ1n) is 7.08. The van der Waals surface area contributed by atoms with Crippen molar-refractivity contribution in [3.05, 3.63) is 29.8 Å². The Morgan fingerprint density at radius 3 is 2.30 bits per heavy atom. The van der Waals surface area contributed by atoms with Gasteiger partial charge in [0.2, 0.25) is 0 Å². The highest BCUT2D eigenvalue weighted by molar-refractivity contribution is 5.82. The summed E-state index contributed by atoms with van der Waals surface area (Å²) < 4.78 is 14.9. The summed E-state index contributed by atoms with van der Waals surface area (Å²) in [5.74, 6) is -0.408. The molecule has 0 heterocycles. The van der Waals surface area contributed by atoms with Crippen LogP contribution in [0.15, 0.2) is 24.3 Å². The van der Waals surface area contributed by atoms with Gasteiger partial charge in [0.1, 0.15) is 17.5 Å². The topological polar surface area (TPSA) is 94.1 Å². The van der Waals surface area contributed by atoms with Crippen molar-refractivity contribution in [1.82, 2.24) is 5.32 Å². The van der Waals surface area contributed by atoms with Gasteiger partial charge in [0.15, 0.2) is 6.04 Å². The first kappa shape index (κ1) is 18.8. The normalized spacial score (nSPS) is 13.7. The van der Waals surface area contributed by atoms with Gasteiger partial charge in [0, 0.05) is 5.56 Å². The molecule has 0 unspecified atom stereocenters. The Morgan fingerprint density at radius 1 is 1.17 bits per heavy atom. The number of methoxy groups -OCH3 is 2. The van der Waals surface area contributed by atoms with Gasteiger partial charge in [0.05, 0.1) is 14.2 Å². The molecule has 0 radical (unpaired) electrons. The highest BCUT2D eigenvalue weighted by atomic mass is 16.6. The number of benzene rings is 1. The fourth-order valence-corrected chi connectivity index (χ4v) is 1.92. The molecule has 1 rings (SSSR count). The molecule has 0 bridgehead atoms. The molecule has 23 heavy (non-hydrogen) atoms.